The van der Waals surface area contributed by atoms with E-state index in [0.717, 1.165) is 0 Å². The van der Waals surface area contributed by atoms with Crippen molar-refractivity contribution in [2.75, 3.05) is 5.32 Å². The number of anilines is 1. The molecule has 8 nitrogen and oxygen atoms in total. The molecule has 0 bridgehead atoms. The second-order valence-corrected chi connectivity index (χ2v) is 11.7. The van der Waals surface area contributed by atoms with E-state index >= 15 is 0 Å². The van der Waals surface area contributed by atoms with Crippen LogP contribution in [0.5, 0.6) is 0 Å². The monoisotopic (exact) mass is 657 g/mol. The Kier molecular flexibility index (Phi) is 7.73. The van der Waals surface area contributed by atoms with Crippen molar-refractivity contribution < 1.29 is 43.3 Å². The van der Waals surface area contributed by atoms with E-state index < -0.39 is 41.4 Å². The molecule has 0 heterocycles. The molecule has 0 aliphatic heterocycles. The number of aromatic carboxylic acids is 2. The van der Waals surface area contributed by atoms with Gasteiger partial charge in [0.05, 0.1) is 17.2 Å². The molecule has 10 heteroatoms. The number of carbonyl (C=O) groups is 4. The Labute approximate surface area is 276 Å². The molecule has 49 heavy (non-hydrogen) atoms. The zero-order valence-corrected chi connectivity index (χ0v) is 25.5. The standard InChI is InChI=1S/C39H25F2NO7/c40-20-3-1-19(2-4-20)31(43)17-18-32(44)27-13-9-23-26-12-16-30(39(48)49)36-28(37(45)42-22-7-5-21(41)6-8-22)14-10-24(34(26)36)25-11-15-29(38(46)47)35(27)33(23)25/h1-16,31,43H,17-18H2,(H,42,45)(H,46,47)(H,48,49). The molecule has 0 aliphatic carbocycles. The summed E-state index contributed by atoms with van der Waals surface area (Å²) >= 11 is 0. The second kappa shape index (κ2) is 12.1. The molecule has 0 aromatic heterocycles. The van der Waals surface area contributed by atoms with Crippen molar-refractivity contribution in [2.45, 2.75) is 18.9 Å². The van der Waals surface area contributed by atoms with E-state index in [4.69, 9.17) is 0 Å². The Morgan fingerprint density at radius 3 is 1.47 bits per heavy atom. The van der Waals surface area contributed by atoms with Crippen LogP contribution in [-0.4, -0.2) is 38.9 Å². The molecule has 7 aromatic carbocycles. The van der Waals surface area contributed by atoms with Crippen LogP contribution in [0.4, 0.5) is 14.5 Å². The van der Waals surface area contributed by atoms with Gasteiger partial charge in [-0.1, -0.05) is 42.5 Å². The van der Waals surface area contributed by atoms with Crippen molar-refractivity contribution in [3.8, 4) is 0 Å². The van der Waals surface area contributed by atoms with Gasteiger partial charge in [0.15, 0.2) is 5.78 Å². The Morgan fingerprint density at radius 1 is 0.551 bits per heavy atom. The van der Waals surface area contributed by atoms with Gasteiger partial charge in [-0.3, -0.25) is 9.59 Å². The first-order chi connectivity index (χ1) is 23.5. The van der Waals surface area contributed by atoms with E-state index in [1.807, 2.05) is 0 Å². The third-order valence-electron chi connectivity index (χ3n) is 8.91. The Balaban J connectivity index is 1.41. The molecule has 4 N–H and O–H groups in total. The highest BCUT2D eigenvalue weighted by Gasteiger charge is 2.26. The fourth-order valence-corrected chi connectivity index (χ4v) is 6.65. The maximum Gasteiger partial charge on any atom is 0.336 e. The number of carboxylic acid groups (broad SMARTS) is 2. The molecule has 0 fully saturated rings. The minimum absolute atomic E-state index is 0.0126. The van der Waals surface area contributed by atoms with Gasteiger partial charge in [0.2, 0.25) is 0 Å². The maximum atomic E-state index is 13.7. The van der Waals surface area contributed by atoms with Gasteiger partial charge in [-0.25, -0.2) is 18.4 Å². The van der Waals surface area contributed by atoms with Crippen LogP contribution in [0.3, 0.4) is 0 Å². The lowest BCUT2D eigenvalue weighted by Gasteiger charge is -2.20. The van der Waals surface area contributed by atoms with Gasteiger partial charge in [0.25, 0.3) is 5.91 Å². The van der Waals surface area contributed by atoms with Crippen LogP contribution < -0.4 is 5.32 Å². The van der Waals surface area contributed by atoms with E-state index in [1.54, 1.807) is 24.3 Å². The third kappa shape index (κ3) is 5.38. The van der Waals surface area contributed by atoms with E-state index in [2.05, 4.69) is 5.32 Å². The summed E-state index contributed by atoms with van der Waals surface area (Å²) in [6.45, 7) is 0. The lowest BCUT2D eigenvalue weighted by atomic mass is 9.83. The molecule has 0 radical (unpaired) electrons. The number of fused-ring (bicyclic) bond motifs is 2. The number of benzene rings is 7. The Hall–Kier alpha value is -6.26. The number of Topliss-reactive ketones (excluding diaryl/α,β-unsaturated/α-hetero) is 1. The van der Waals surface area contributed by atoms with Gasteiger partial charge in [-0.15, -0.1) is 0 Å². The van der Waals surface area contributed by atoms with Crippen molar-refractivity contribution >= 4 is 72.4 Å². The normalized spacial score (nSPS) is 12.1. The van der Waals surface area contributed by atoms with E-state index in [9.17, 15) is 43.3 Å². The fourth-order valence-electron chi connectivity index (χ4n) is 6.65. The Bertz CT molecular complexity index is 2470. The van der Waals surface area contributed by atoms with Crippen molar-refractivity contribution in [2.24, 2.45) is 0 Å². The van der Waals surface area contributed by atoms with E-state index in [1.165, 1.54) is 72.8 Å². The molecule has 0 saturated heterocycles. The minimum atomic E-state index is -1.26. The van der Waals surface area contributed by atoms with Gasteiger partial charge in [0.1, 0.15) is 11.6 Å². The topological polar surface area (TPSA) is 141 Å². The van der Waals surface area contributed by atoms with Gasteiger partial charge in [-0.2, -0.15) is 0 Å². The summed E-state index contributed by atoms with van der Waals surface area (Å²) in [5.74, 6) is -4.48. The first-order valence-corrected chi connectivity index (χ1v) is 15.2. The summed E-state index contributed by atoms with van der Waals surface area (Å²) in [7, 11) is 0. The van der Waals surface area contributed by atoms with Gasteiger partial charge >= 0.3 is 11.9 Å². The number of aliphatic hydroxyl groups excluding tert-OH is 1. The Morgan fingerprint density at radius 2 is 0.980 bits per heavy atom. The number of carbonyl (C=O) groups excluding carboxylic acids is 2. The van der Waals surface area contributed by atoms with Crippen LogP contribution in [0.15, 0.2) is 97.1 Å². The summed E-state index contributed by atoms with van der Waals surface area (Å²) < 4.78 is 26.8. The summed E-state index contributed by atoms with van der Waals surface area (Å²) in [6, 6.07) is 22.7. The molecule has 1 amide bonds. The van der Waals surface area contributed by atoms with Crippen LogP contribution in [0.2, 0.25) is 0 Å². The zero-order valence-electron chi connectivity index (χ0n) is 25.5. The molecule has 7 rings (SSSR count). The third-order valence-corrected chi connectivity index (χ3v) is 8.91. The summed E-state index contributed by atoms with van der Waals surface area (Å²) in [5, 5.41) is 37.2. The molecule has 7 aromatic rings. The van der Waals surface area contributed by atoms with E-state index in [0.29, 0.717) is 43.6 Å². The highest BCUT2D eigenvalue weighted by molar-refractivity contribution is 6.38. The van der Waals surface area contributed by atoms with Crippen LogP contribution in [-0.2, 0) is 0 Å². The van der Waals surface area contributed by atoms with Crippen molar-refractivity contribution in [3.05, 3.63) is 137 Å². The number of nitrogens with one attached hydrogen (secondary N) is 1. The van der Waals surface area contributed by atoms with Crippen molar-refractivity contribution in [1.29, 1.82) is 0 Å². The number of rotatable bonds is 9. The molecule has 242 valence electrons. The maximum absolute atomic E-state index is 13.7. The number of amides is 1. The average Bonchev–Trinajstić information content (AvgIpc) is 3.09. The van der Waals surface area contributed by atoms with Crippen LogP contribution in [0.25, 0.3) is 43.1 Å². The molecule has 0 spiro atoms. The number of halogens is 2. The zero-order chi connectivity index (χ0) is 34.6. The predicted molar refractivity (Wildman–Crippen MR) is 181 cm³/mol. The average molecular weight is 658 g/mol. The number of ketones is 1. The van der Waals surface area contributed by atoms with Crippen LogP contribution in [0.1, 0.15) is 65.9 Å². The predicted octanol–water partition coefficient (Wildman–Crippen LogP) is 8.36. The first kappa shape index (κ1) is 31.3. The SMILES string of the molecule is O=C(O)c1ccc2c3ccc(C(=O)Nc4ccc(F)cc4)c4c(C(=O)O)ccc(c5ccc(C(=O)CCC(O)c6ccc(F)cc6)c1c52)c43. The van der Waals surface area contributed by atoms with Crippen LogP contribution in [0, 0.1) is 11.6 Å². The number of aliphatic hydroxyl groups is 1. The second-order valence-electron chi connectivity index (χ2n) is 11.7. The minimum Gasteiger partial charge on any atom is -0.478 e. The molecular formula is C39H25F2NO7. The van der Waals surface area contributed by atoms with Crippen LogP contribution >= 0.6 is 0 Å². The number of hydrogen-bond donors (Lipinski definition) is 4. The van der Waals surface area contributed by atoms with Gasteiger partial charge < -0.3 is 20.6 Å². The number of carboxylic acids is 2. The molecule has 0 saturated carbocycles. The van der Waals surface area contributed by atoms with Gasteiger partial charge in [0, 0.05) is 34.0 Å². The summed E-state index contributed by atoms with van der Waals surface area (Å²) in [4.78, 5) is 52.3. The van der Waals surface area contributed by atoms with Crippen molar-refractivity contribution in [3.63, 3.8) is 0 Å². The molecular weight excluding hydrogens is 632 g/mol. The first-order valence-electron chi connectivity index (χ1n) is 15.2. The van der Waals surface area contributed by atoms with E-state index in [-0.39, 0.29) is 45.9 Å². The summed E-state index contributed by atoms with van der Waals surface area (Å²) in [6.07, 6.45) is -1.17. The summed E-state index contributed by atoms with van der Waals surface area (Å²) in [5.41, 5.74) is 0.714. The van der Waals surface area contributed by atoms with Gasteiger partial charge in [-0.05, 0) is 98.9 Å². The largest absolute Gasteiger partial charge is 0.478 e. The molecule has 0 aliphatic rings. The number of hydrogen-bond acceptors (Lipinski definition) is 5. The molecule has 1 unspecified atom stereocenters. The highest BCUT2D eigenvalue weighted by atomic mass is 19.1. The lowest BCUT2D eigenvalue weighted by Crippen LogP contribution is -2.14. The fraction of sp³-hybridized carbons (Fsp3) is 0.0769. The smallest absolute Gasteiger partial charge is 0.336 e. The molecule has 1 atom stereocenters. The lowest BCUT2D eigenvalue weighted by molar-refractivity contribution is 0.0688. The van der Waals surface area contributed by atoms with Crippen molar-refractivity contribution in [1.82, 2.24) is 0 Å². The highest BCUT2D eigenvalue weighted by Crippen LogP contribution is 2.44. The quantitative estimate of drug-likeness (QED) is 0.0695.